The average molecular weight is 745 g/mol. The van der Waals surface area contributed by atoms with Crippen molar-refractivity contribution in [1.29, 1.82) is 0 Å². The van der Waals surface area contributed by atoms with E-state index in [1.165, 1.54) is 90.9 Å². The fourth-order valence-corrected chi connectivity index (χ4v) is 6.62. The zero-order chi connectivity index (χ0) is 38.0. The number of pyridine rings is 2. The Balaban J connectivity index is 1.18. The molecule has 0 aliphatic heterocycles. The minimum Gasteiger partial charge on any atom is -0.467 e. The summed E-state index contributed by atoms with van der Waals surface area (Å²) >= 11 is 0. The summed E-state index contributed by atoms with van der Waals surface area (Å²) in [7, 11) is -1.82. The molecule has 3 heterocycles. The molecule has 2 N–H and O–H groups in total. The number of carbonyl (C=O) groups excluding carboxylic acids is 2. The first-order chi connectivity index (χ1) is 25.3. The van der Waals surface area contributed by atoms with Crippen LogP contribution in [0.2, 0.25) is 0 Å². The molecule has 6 aromatic rings. The molecule has 6 rings (SSSR count). The number of nitrogens with one attached hydrogen (secondary N) is 2. The van der Waals surface area contributed by atoms with Gasteiger partial charge in [0.2, 0.25) is 5.95 Å². The van der Waals surface area contributed by atoms with Crippen LogP contribution in [0.4, 0.5) is 18.9 Å². The van der Waals surface area contributed by atoms with Crippen molar-refractivity contribution in [2.75, 3.05) is 11.8 Å². The first-order valence-electron chi connectivity index (χ1n) is 15.5. The Morgan fingerprint density at radius 2 is 1.57 bits per heavy atom. The number of aromatic nitrogens is 4. The van der Waals surface area contributed by atoms with Crippen molar-refractivity contribution in [3.05, 3.63) is 147 Å². The SMILES string of the molecule is COC(=O)[C@H](Cc1ccc(-n2c(=O)c3ccncc3n(C)c2=O)cc1)NC(=O)c1c(F)cc(NS(=O)(=O)c2ccc(-c3ccnc(F)c3)cc2)cc1F. The summed E-state index contributed by atoms with van der Waals surface area (Å²) in [6.45, 7) is 0. The van der Waals surface area contributed by atoms with Gasteiger partial charge in [0.1, 0.15) is 23.2 Å². The van der Waals surface area contributed by atoms with E-state index in [0.717, 1.165) is 17.7 Å². The Morgan fingerprint density at radius 1 is 0.887 bits per heavy atom. The molecule has 0 fully saturated rings. The topological polar surface area (TPSA) is 171 Å². The van der Waals surface area contributed by atoms with E-state index in [4.69, 9.17) is 4.74 Å². The van der Waals surface area contributed by atoms with Gasteiger partial charge in [0, 0.05) is 31.9 Å². The van der Waals surface area contributed by atoms with Crippen molar-refractivity contribution in [3.8, 4) is 16.8 Å². The number of aryl methyl sites for hydroxylation is 1. The van der Waals surface area contributed by atoms with E-state index in [9.17, 15) is 32.0 Å². The molecule has 0 spiro atoms. The summed E-state index contributed by atoms with van der Waals surface area (Å²) in [5.74, 6) is -5.85. The van der Waals surface area contributed by atoms with E-state index in [0.29, 0.717) is 34.3 Å². The van der Waals surface area contributed by atoms with Gasteiger partial charge in [-0.25, -0.2) is 36.3 Å². The van der Waals surface area contributed by atoms with E-state index < -0.39 is 68.0 Å². The zero-order valence-corrected chi connectivity index (χ0v) is 28.5. The largest absolute Gasteiger partial charge is 0.467 e. The zero-order valence-electron chi connectivity index (χ0n) is 27.7. The Hall–Kier alpha value is -6.62. The Labute approximate surface area is 298 Å². The molecule has 0 bridgehead atoms. The molecule has 3 aromatic carbocycles. The number of sulfonamides is 1. The Morgan fingerprint density at radius 3 is 2.21 bits per heavy atom. The number of anilines is 1. The van der Waals surface area contributed by atoms with Crippen molar-refractivity contribution in [1.82, 2.24) is 24.4 Å². The van der Waals surface area contributed by atoms with E-state index in [1.807, 2.05) is 0 Å². The van der Waals surface area contributed by atoms with Crippen LogP contribution in [0.15, 0.2) is 112 Å². The van der Waals surface area contributed by atoms with Gasteiger partial charge in [-0.3, -0.25) is 23.9 Å². The predicted molar refractivity (Wildman–Crippen MR) is 186 cm³/mol. The van der Waals surface area contributed by atoms with E-state index in [2.05, 4.69) is 20.0 Å². The quantitative estimate of drug-likeness (QED) is 0.156. The molecule has 0 unspecified atom stereocenters. The number of hydrogen-bond acceptors (Lipinski definition) is 9. The number of esters is 1. The van der Waals surface area contributed by atoms with E-state index in [1.54, 1.807) is 0 Å². The number of amides is 1. The van der Waals surface area contributed by atoms with Crippen LogP contribution >= 0.6 is 0 Å². The number of rotatable bonds is 10. The number of nitrogens with zero attached hydrogens (tertiary/aromatic N) is 4. The molecule has 1 atom stereocenters. The number of fused-ring (bicyclic) bond motifs is 1. The molecule has 13 nitrogen and oxygen atoms in total. The van der Waals surface area contributed by atoms with Crippen molar-refractivity contribution in [3.63, 3.8) is 0 Å². The maximum atomic E-state index is 15.2. The van der Waals surface area contributed by atoms with Gasteiger partial charge in [-0.05, 0) is 65.2 Å². The van der Waals surface area contributed by atoms with Crippen molar-refractivity contribution in [2.45, 2.75) is 17.4 Å². The molecule has 1 amide bonds. The van der Waals surface area contributed by atoms with Crippen LogP contribution in [0.3, 0.4) is 0 Å². The molecule has 0 saturated heterocycles. The lowest BCUT2D eigenvalue weighted by Crippen LogP contribution is -2.43. The maximum absolute atomic E-state index is 15.2. The molecule has 0 saturated carbocycles. The van der Waals surface area contributed by atoms with Crippen LogP contribution < -0.4 is 21.3 Å². The van der Waals surface area contributed by atoms with Gasteiger partial charge >= 0.3 is 11.7 Å². The van der Waals surface area contributed by atoms with E-state index >= 15 is 8.78 Å². The van der Waals surface area contributed by atoms with Gasteiger partial charge in [-0.15, -0.1) is 0 Å². The third kappa shape index (κ3) is 7.41. The highest BCUT2D eigenvalue weighted by molar-refractivity contribution is 7.92. The minimum absolute atomic E-state index is 0.217. The van der Waals surface area contributed by atoms with Crippen LogP contribution in [0.25, 0.3) is 27.7 Å². The van der Waals surface area contributed by atoms with Crippen LogP contribution in [0.1, 0.15) is 15.9 Å². The molecule has 0 radical (unpaired) electrons. The number of methoxy groups -OCH3 is 1. The maximum Gasteiger partial charge on any atom is 0.335 e. The Bertz CT molecular complexity index is 2610. The van der Waals surface area contributed by atoms with Gasteiger partial charge in [-0.2, -0.15) is 4.39 Å². The van der Waals surface area contributed by atoms with Crippen molar-refractivity contribution >= 4 is 38.5 Å². The van der Waals surface area contributed by atoms with Gasteiger partial charge in [0.05, 0.1) is 40.5 Å². The normalized spacial score (nSPS) is 11.9. The summed E-state index contributed by atoms with van der Waals surface area (Å²) in [5.41, 5.74) is -0.896. The van der Waals surface area contributed by atoms with Gasteiger partial charge in [0.25, 0.3) is 21.5 Å². The fourth-order valence-electron chi connectivity index (χ4n) is 5.58. The van der Waals surface area contributed by atoms with Crippen molar-refractivity contribution in [2.24, 2.45) is 7.05 Å². The van der Waals surface area contributed by atoms with Gasteiger partial charge in [-0.1, -0.05) is 24.3 Å². The number of hydrogen-bond donors (Lipinski definition) is 2. The van der Waals surface area contributed by atoms with Crippen LogP contribution in [0.5, 0.6) is 0 Å². The highest BCUT2D eigenvalue weighted by Crippen LogP contribution is 2.25. The second-order valence-electron chi connectivity index (χ2n) is 11.6. The van der Waals surface area contributed by atoms with Crippen LogP contribution in [0, 0.1) is 17.6 Å². The molecule has 0 aliphatic carbocycles. The standard InChI is InChI=1S/C36H27F3N6O7S/c1-44-30-19-40-13-12-26(30)34(47)45(36(44)49)24-7-3-20(4-8-24)15-29(35(48)52-2)42-33(46)32-27(37)17-23(18-28(32)38)43-53(50,51)25-9-5-21(6-10-25)22-11-14-41-31(39)16-22/h3-14,16-19,29,43H,15H2,1-2H3,(H,42,46)/t29-/m0/s1. The number of halogens is 3. The molecular formula is C36H27F3N6O7S. The van der Waals surface area contributed by atoms with E-state index in [-0.39, 0.29) is 22.4 Å². The second kappa shape index (κ2) is 14.5. The summed E-state index contributed by atoms with van der Waals surface area (Å²) < 4.78 is 79.0. The lowest BCUT2D eigenvalue weighted by Gasteiger charge is -2.18. The third-order valence-corrected chi connectivity index (χ3v) is 9.64. The van der Waals surface area contributed by atoms with Crippen LogP contribution in [-0.2, 0) is 33.0 Å². The first-order valence-corrected chi connectivity index (χ1v) is 17.0. The molecule has 17 heteroatoms. The average Bonchev–Trinajstić information content (AvgIpc) is 3.13. The highest BCUT2D eigenvalue weighted by Gasteiger charge is 2.27. The Kier molecular flexibility index (Phi) is 9.93. The minimum atomic E-state index is -4.36. The summed E-state index contributed by atoms with van der Waals surface area (Å²) in [5, 5.41) is 2.51. The number of ether oxygens (including phenoxy) is 1. The summed E-state index contributed by atoms with van der Waals surface area (Å²) in [4.78, 5) is 59.0. The number of benzene rings is 3. The lowest BCUT2D eigenvalue weighted by molar-refractivity contribution is -0.142. The molecule has 0 aliphatic rings. The first kappa shape index (κ1) is 36.2. The summed E-state index contributed by atoms with van der Waals surface area (Å²) in [6, 6.07) is 15.1. The third-order valence-electron chi connectivity index (χ3n) is 8.24. The molecule has 3 aromatic heterocycles. The second-order valence-corrected chi connectivity index (χ2v) is 13.3. The van der Waals surface area contributed by atoms with Gasteiger partial charge in [0.15, 0.2) is 0 Å². The molecule has 270 valence electrons. The summed E-state index contributed by atoms with van der Waals surface area (Å²) in [6.07, 6.45) is 3.86. The number of carbonyl (C=O) groups is 2. The fraction of sp³-hybridized carbons (Fsp3) is 0.111. The molecule has 53 heavy (non-hydrogen) atoms. The lowest BCUT2D eigenvalue weighted by atomic mass is 10.0. The molecular weight excluding hydrogens is 717 g/mol. The smallest absolute Gasteiger partial charge is 0.335 e. The van der Waals surface area contributed by atoms with Crippen molar-refractivity contribution < 1.29 is 35.9 Å². The highest BCUT2D eigenvalue weighted by atomic mass is 32.2. The monoisotopic (exact) mass is 744 g/mol. The van der Waals surface area contributed by atoms with Gasteiger partial charge < -0.3 is 10.1 Å². The van der Waals surface area contributed by atoms with Crippen LogP contribution in [-0.4, -0.2) is 52.5 Å². The predicted octanol–water partition coefficient (Wildman–Crippen LogP) is 3.88.